The van der Waals surface area contributed by atoms with Gasteiger partial charge >= 0.3 is 6.18 Å². The number of amides is 1. The summed E-state index contributed by atoms with van der Waals surface area (Å²) in [4.78, 5) is 35.1. The van der Waals surface area contributed by atoms with Crippen LogP contribution in [0.15, 0.2) is 71.9 Å². The van der Waals surface area contributed by atoms with Crippen molar-refractivity contribution >= 4 is 27.8 Å². The van der Waals surface area contributed by atoms with E-state index in [1.165, 1.54) is 22.9 Å². The molecule has 0 unspecified atom stereocenters. The first kappa shape index (κ1) is 24.2. The van der Waals surface area contributed by atoms with Crippen molar-refractivity contribution in [3.8, 4) is 5.69 Å². The van der Waals surface area contributed by atoms with Crippen molar-refractivity contribution in [2.75, 3.05) is 0 Å². The number of fused-ring (bicyclic) bond motifs is 3. The van der Waals surface area contributed by atoms with Crippen LogP contribution in [0.4, 0.5) is 13.2 Å². The minimum Gasteiger partial charge on any atom is -0.344 e. The lowest BCUT2D eigenvalue weighted by Crippen LogP contribution is -2.27. The first-order valence-corrected chi connectivity index (χ1v) is 11.5. The van der Waals surface area contributed by atoms with E-state index in [0.717, 1.165) is 12.1 Å². The zero-order valence-corrected chi connectivity index (χ0v) is 19.8. The smallest absolute Gasteiger partial charge is 0.344 e. The van der Waals surface area contributed by atoms with Gasteiger partial charge in [-0.25, -0.2) is 4.98 Å². The summed E-state index contributed by atoms with van der Waals surface area (Å²) in [5.74, 6) is -0.400. The van der Waals surface area contributed by atoms with Gasteiger partial charge in [-0.15, -0.1) is 0 Å². The van der Waals surface area contributed by atoms with Gasteiger partial charge in [0.15, 0.2) is 0 Å². The number of aromatic nitrogens is 5. The molecular weight excluding hydrogens is 485 g/mol. The normalized spacial score (nSPS) is 12.7. The van der Waals surface area contributed by atoms with E-state index in [4.69, 9.17) is 0 Å². The predicted molar refractivity (Wildman–Crippen MR) is 131 cm³/mol. The second-order valence-electron chi connectivity index (χ2n) is 8.48. The monoisotopic (exact) mass is 506 g/mol. The summed E-state index contributed by atoms with van der Waals surface area (Å²) in [6.07, 6.45) is 0.0284. The Hall–Kier alpha value is -4.54. The number of halogens is 3. The van der Waals surface area contributed by atoms with Gasteiger partial charge in [-0.3, -0.25) is 23.8 Å². The molecule has 1 amide bonds. The third kappa shape index (κ3) is 4.44. The number of nitrogens with one attached hydrogen (secondary N) is 1. The lowest BCUT2D eigenvalue weighted by atomic mass is 10.1. The number of alkyl halides is 3. The topological polar surface area (TPSA) is 94.7 Å². The lowest BCUT2D eigenvalue weighted by molar-refractivity contribution is -0.137. The number of pyridine rings is 3. The molecule has 0 aliphatic heterocycles. The number of nitrogens with zero attached hydrogens (tertiary/aromatic N) is 5. The molecule has 11 heteroatoms. The van der Waals surface area contributed by atoms with Gasteiger partial charge < -0.3 is 5.32 Å². The van der Waals surface area contributed by atoms with Gasteiger partial charge in [0, 0.05) is 30.5 Å². The van der Waals surface area contributed by atoms with Crippen molar-refractivity contribution in [1.29, 1.82) is 0 Å². The maximum absolute atomic E-state index is 13.4. The van der Waals surface area contributed by atoms with Crippen LogP contribution in [0.5, 0.6) is 0 Å². The van der Waals surface area contributed by atoms with Crippen LogP contribution in [0.25, 0.3) is 27.6 Å². The van der Waals surface area contributed by atoms with E-state index in [2.05, 4.69) is 20.4 Å². The van der Waals surface area contributed by atoms with E-state index in [-0.39, 0.29) is 28.3 Å². The van der Waals surface area contributed by atoms with Gasteiger partial charge in [-0.1, -0.05) is 6.07 Å². The Morgan fingerprint density at radius 2 is 1.84 bits per heavy atom. The van der Waals surface area contributed by atoms with Gasteiger partial charge in [0.25, 0.3) is 11.5 Å². The molecule has 1 atom stereocenters. The van der Waals surface area contributed by atoms with Crippen molar-refractivity contribution in [1.82, 2.24) is 29.6 Å². The van der Waals surface area contributed by atoms with Gasteiger partial charge in [0.2, 0.25) is 0 Å². The number of carbonyl (C=O) groups is 1. The predicted octanol–water partition coefficient (Wildman–Crippen LogP) is 4.66. The molecule has 0 aliphatic rings. The highest BCUT2D eigenvalue weighted by atomic mass is 19.4. The number of hydrogen-bond acceptors (Lipinski definition) is 5. The van der Waals surface area contributed by atoms with Crippen molar-refractivity contribution in [2.24, 2.45) is 0 Å². The Balaban J connectivity index is 1.65. The zero-order chi connectivity index (χ0) is 26.3. The highest BCUT2D eigenvalue weighted by Gasteiger charge is 2.30. The summed E-state index contributed by atoms with van der Waals surface area (Å²) in [6.45, 7) is 4.15. The van der Waals surface area contributed by atoms with Crippen molar-refractivity contribution in [3.05, 3.63) is 94.3 Å². The van der Waals surface area contributed by atoms with E-state index in [1.54, 1.807) is 42.2 Å². The van der Waals surface area contributed by atoms with Gasteiger partial charge in [-0.2, -0.15) is 18.3 Å². The third-order valence-corrected chi connectivity index (χ3v) is 6.05. The Kier molecular flexibility index (Phi) is 5.98. The Morgan fingerprint density at radius 3 is 2.49 bits per heavy atom. The molecule has 1 aromatic carbocycles. The van der Waals surface area contributed by atoms with Crippen LogP contribution in [0.3, 0.4) is 0 Å². The maximum Gasteiger partial charge on any atom is 0.416 e. The average molecular weight is 506 g/mol. The number of hydrogen-bond donors (Lipinski definition) is 1. The average Bonchev–Trinajstić information content (AvgIpc) is 3.34. The molecule has 5 aromatic rings. The van der Waals surface area contributed by atoms with Crippen LogP contribution in [0.1, 0.15) is 41.5 Å². The molecule has 37 heavy (non-hydrogen) atoms. The van der Waals surface area contributed by atoms with Crippen molar-refractivity contribution in [3.63, 3.8) is 0 Å². The second kappa shape index (κ2) is 9.16. The lowest BCUT2D eigenvalue weighted by Gasteiger charge is -2.15. The van der Waals surface area contributed by atoms with E-state index < -0.39 is 23.2 Å². The molecule has 0 saturated heterocycles. The first-order valence-electron chi connectivity index (χ1n) is 11.5. The number of benzene rings is 1. The van der Waals surface area contributed by atoms with E-state index in [1.807, 2.05) is 13.0 Å². The van der Waals surface area contributed by atoms with Crippen molar-refractivity contribution in [2.45, 2.75) is 32.6 Å². The van der Waals surface area contributed by atoms with Gasteiger partial charge in [0.1, 0.15) is 11.2 Å². The summed E-state index contributed by atoms with van der Waals surface area (Å²) in [7, 11) is 0. The molecule has 4 heterocycles. The van der Waals surface area contributed by atoms with Gasteiger partial charge in [-0.05, 0) is 56.3 Å². The largest absolute Gasteiger partial charge is 0.416 e. The molecule has 0 fully saturated rings. The molecule has 0 aliphatic carbocycles. The Labute approximate surface area is 208 Å². The van der Waals surface area contributed by atoms with Crippen LogP contribution in [0.2, 0.25) is 0 Å². The summed E-state index contributed by atoms with van der Waals surface area (Å²) < 4.78 is 42.1. The molecule has 0 radical (unpaired) electrons. The van der Waals surface area contributed by atoms with E-state index in [0.29, 0.717) is 23.1 Å². The van der Waals surface area contributed by atoms with Crippen LogP contribution in [-0.4, -0.2) is 30.2 Å². The SMILES string of the molecule is CCn1cc2c(=O)n(-c3ccc(C(F)(F)F)cc3)c3ncc(C(=O)N[C@@H](C)c4ccccn4)cc3c2n1. The number of rotatable bonds is 5. The minimum absolute atomic E-state index is 0.174. The van der Waals surface area contributed by atoms with Gasteiger partial charge in [0.05, 0.1) is 33.9 Å². The fourth-order valence-electron chi connectivity index (χ4n) is 4.11. The quantitative estimate of drug-likeness (QED) is 0.374. The molecule has 1 N–H and O–H groups in total. The molecule has 4 aromatic heterocycles. The highest BCUT2D eigenvalue weighted by Crippen LogP contribution is 2.30. The minimum atomic E-state index is -4.51. The summed E-state index contributed by atoms with van der Waals surface area (Å²) in [5, 5.41) is 8.04. The summed E-state index contributed by atoms with van der Waals surface area (Å²) >= 11 is 0. The summed E-state index contributed by atoms with van der Waals surface area (Å²) in [5.41, 5.74) is 0.350. The fraction of sp³-hybridized carbons (Fsp3) is 0.192. The Bertz CT molecular complexity index is 1680. The molecule has 188 valence electrons. The molecule has 8 nitrogen and oxygen atoms in total. The molecule has 0 bridgehead atoms. The fourth-order valence-corrected chi connectivity index (χ4v) is 4.11. The van der Waals surface area contributed by atoms with Crippen LogP contribution < -0.4 is 10.9 Å². The van der Waals surface area contributed by atoms with Crippen LogP contribution in [-0.2, 0) is 12.7 Å². The molecule has 0 spiro atoms. The zero-order valence-electron chi connectivity index (χ0n) is 19.8. The molecular formula is C26H21F3N6O2. The highest BCUT2D eigenvalue weighted by molar-refractivity contribution is 6.05. The second-order valence-corrected chi connectivity index (χ2v) is 8.48. The number of carbonyl (C=O) groups excluding carboxylic acids is 1. The van der Waals surface area contributed by atoms with Crippen molar-refractivity contribution < 1.29 is 18.0 Å². The Morgan fingerprint density at radius 1 is 1.08 bits per heavy atom. The van der Waals surface area contributed by atoms with E-state index >= 15 is 0 Å². The molecule has 5 rings (SSSR count). The maximum atomic E-state index is 13.4. The number of aryl methyl sites for hydroxylation is 1. The van der Waals surface area contributed by atoms with Crippen LogP contribution >= 0.6 is 0 Å². The summed E-state index contributed by atoms with van der Waals surface area (Å²) in [6, 6.07) is 10.9. The third-order valence-electron chi connectivity index (χ3n) is 6.05. The molecule has 0 saturated carbocycles. The van der Waals surface area contributed by atoms with Crippen LogP contribution in [0, 0.1) is 0 Å². The first-order chi connectivity index (χ1) is 17.7. The standard InChI is InChI=1S/C26H21F3N6O2/c1-3-34-14-20-22(33-34)19-12-16(24(36)32-15(2)21-6-4-5-11-30-21)13-31-23(19)35(25(20)37)18-9-7-17(8-10-18)26(27,28)29/h4-15H,3H2,1-2H3,(H,32,36)/t15-/m0/s1. The van der Waals surface area contributed by atoms with E-state index in [9.17, 15) is 22.8 Å².